The van der Waals surface area contributed by atoms with Crippen LogP contribution in [0.25, 0.3) is 0 Å². The van der Waals surface area contributed by atoms with Gasteiger partial charge in [-0.1, -0.05) is 125 Å². The van der Waals surface area contributed by atoms with Crippen LogP contribution in [0.4, 0.5) is 0 Å². The summed E-state index contributed by atoms with van der Waals surface area (Å²) < 4.78 is 0. The van der Waals surface area contributed by atoms with Gasteiger partial charge in [0.25, 0.3) is 0 Å². The van der Waals surface area contributed by atoms with Gasteiger partial charge in [0.1, 0.15) is 0 Å². The first-order valence-electron chi connectivity index (χ1n) is 12.9. The summed E-state index contributed by atoms with van der Waals surface area (Å²) in [6, 6.07) is 21.5. The summed E-state index contributed by atoms with van der Waals surface area (Å²) in [6.07, 6.45) is 10.8. The molecule has 34 heavy (non-hydrogen) atoms. The molecule has 1 aliphatic carbocycles. The first-order chi connectivity index (χ1) is 16.2. The number of rotatable bonds is 7. The molecule has 4 rings (SSSR count). The van der Waals surface area contributed by atoms with Gasteiger partial charge >= 0.3 is 0 Å². The maximum atomic E-state index is 2.47. The average molecular weight is 449 g/mol. The Morgan fingerprint density at radius 3 is 1.32 bits per heavy atom. The second-order valence-corrected chi connectivity index (χ2v) is 10.6. The number of benzene rings is 3. The number of hydrogen-bond acceptors (Lipinski definition) is 0. The monoisotopic (exact) mass is 448 g/mol. The number of unbranched alkanes of at least 4 members (excludes halogenated alkanes) is 1. The van der Waals surface area contributed by atoms with E-state index in [0.717, 1.165) is 6.42 Å². The molecule has 3 aromatic carbocycles. The van der Waals surface area contributed by atoms with Crippen LogP contribution in [0.2, 0.25) is 0 Å². The Hall–Kier alpha value is -2.86. The van der Waals surface area contributed by atoms with E-state index < -0.39 is 0 Å². The predicted octanol–water partition coefficient (Wildman–Crippen LogP) is 9.17. The summed E-state index contributed by atoms with van der Waals surface area (Å²) in [6.45, 7) is 15.7. The summed E-state index contributed by atoms with van der Waals surface area (Å²) in [5.41, 5.74) is 13.4. The highest BCUT2D eigenvalue weighted by molar-refractivity contribution is 5.59. The molecule has 3 aromatic rings. The fraction of sp³-hybridized carbons (Fsp3) is 0.353. The summed E-state index contributed by atoms with van der Waals surface area (Å²) in [5, 5.41) is 0. The van der Waals surface area contributed by atoms with Crippen molar-refractivity contribution in [1.29, 1.82) is 0 Å². The molecule has 0 heterocycles. The molecule has 0 aliphatic heterocycles. The summed E-state index contributed by atoms with van der Waals surface area (Å²) in [4.78, 5) is 0. The lowest BCUT2D eigenvalue weighted by Gasteiger charge is -2.43. The van der Waals surface area contributed by atoms with Gasteiger partial charge in [0.05, 0.1) is 5.41 Å². The van der Waals surface area contributed by atoms with E-state index >= 15 is 0 Å². The highest BCUT2D eigenvalue weighted by atomic mass is 14.5. The van der Waals surface area contributed by atoms with Crippen molar-refractivity contribution >= 4 is 0 Å². The molecule has 0 bridgehead atoms. The molecular formula is C34H40. The third-order valence-corrected chi connectivity index (χ3v) is 7.33. The zero-order valence-corrected chi connectivity index (χ0v) is 22.1. The first kappa shape index (κ1) is 24.3. The zero-order valence-electron chi connectivity index (χ0n) is 22.1. The van der Waals surface area contributed by atoms with Crippen molar-refractivity contribution in [2.24, 2.45) is 5.92 Å². The average Bonchev–Trinajstić information content (AvgIpc) is 3.19. The van der Waals surface area contributed by atoms with Crippen LogP contribution in [0.3, 0.4) is 0 Å². The third-order valence-electron chi connectivity index (χ3n) is 7.33. The van der Waals surface area contributed by atoms with Gasteiger partial charge in [-0.15, -0.1) is 0 Å². The van der Waals surface area contributed by atoms with E-state index in [1.807, 2.05) is 0 Å². The molecular weight excluding hydrogens is 408 g/mol. The lowest BCUT2D eigenvalue weighted by molar-refractivity contribution is 0.489. The van der Waals surface area contributed by atoms with Crippen molar-refractivity contribution in [2.75, 3.05) is 0 Å². The largest absolute Gasteiger partial charge is 0.0758 e. The SMILES string of the molecule is CCCCC1=CC=CC1C(c1cc(C)cc(C)c1)(c1cc(C)cc(C)c1)c1cc(C)cc(C)c1. The van der Waals surface area contributed by atoms with Gasteiger partial charge in [0.2, 0.25) is 0 Å². The van der Waals surface area contributed by atoms with Crippen molar-refractivity contribution in [3.63, 3.8) is 0 Å². The van der Waals surface area contributed by atoms with Crippen LogP contribution in [0.1, 0.15) is 76.3 Å². The van der Waals surface area contributed by atoms with Crippen molar-refractivity contribution < 1.29 is 0 Å². The molecule has 1 unspecified atom stereocenters. The molecule has 0 N–H and O–H groups in total. The molecule has 0 aromatic heterocycles. The van der Waals surface area contributed by atoms with Gasteiger partial charge in [-0.2, -0.15) is 0 Å². The summed E-state index contributed by atoms with van der Waals surface area (Å²) >= 11 is 0. The maximum absolute atomic E-state index is 2.47. The van der Waals surface area contributed by atoms with Crippen molar-refractivity contribution in [2.45, 2.75) is 73.1 Å². The zero-order chi connectivity index (χ0) is 24.5. The lowest BCUT2D eigenvalue weighted by atomic mass is 9.59. The molecule has 0 heteroatoms. The quantitative estimate of drug-likeness (QED) is 0.316. The van der Waals surface area contributed by atoms with Gasteiger partial charge in [0.15, 0.2) is 0 Å². The van der Waals surface area contributed by atoms with Crippen molar-refractivity contribution in [1.82, 2.24) is 0 Å². The maximum Gasteiger partial charge on any atom is 0.0551 e. The lowest BCUT2D eigenvalue weighted by Crippen LogP contribution is -2.38. The summed E-state index contributed by atoms with van der Waals surface area (Å²) in [5.74, 6) is 0.294. The Labute approximate surface area is 207 Å². The molecule has 0 nitrogen and oxygen atoms in total. The van der Waals surface area contributed by atoms with Gasteiger partial charge in [-0.25, -0.2) is 0 Å². The second kappa shape index (κ2) is 9.79. The molecule has 0 fully saturated rings. The van der Waals surface area contributed by atoms with Crippen LogP contribution in [0.15, 0.2) is 78.4 Å². The standard InChI is InChI=1S/C34H40/c1-8-9-11-29-12-10-13-33(29)34(30-17-23(2)14-24(3)18-30,31-19-25(4)15-26(5)20-31)32-21-27(6)16-28(7)22-32/h10,12-22,33H,8-9,11H2,1-7H3. The highest BCUT2D eigenvalue weighted by Crippen LogP contribution is 2.52. The Morgan fingerprint density at radius 2 is 0.971 bits per heavy atom. The number of aryl methyl sites for hydroxylation is 6. The van der Waals surface area contributed by atoms with Crippen LogP contribution in [0, 0.1) is 47.5 Å². The summed E-state index contributed by atoms with van der Waals surface area (Å²) in [7, 11) is 0. The topological polar surface area (TPSA) is 0 Å². The number of hydrogen-bond donors (Lipinski definition) is 0. The second-order valence-electron chi connectivity index (χ2n) is 10.6. The molecule has 0 saturated carbocycles. The van der Waals surface area contributed by atoms with Crippen LogP contribution in [-0.2, 0) is 5.41 Å². The third kappa shape index (κ3) is 4.56. The van der Waals surface area contributed by atoms with Crippen LogP contribution in [-0.4, -0.2) is 0 Å². The van der Waals surface area contributed by atoms with Crippen LogP contribution < -0.4 is 0 Å². The Morgan fingerprint density at radius 1 is 0.588 bits per heavy atom. The molecule has 0 saturated heterocycles. The van der Waals surface area contributed by atoms with E-state index in [1.165, 1.54) is 62.9 Å². The fourth-order valence-electron chi connectivity index (χ4n) is 6.21. The fourth-order valence-corrected chi connectivity index (χ4v) is 6.21. The smallest absolute Gasteiger partial charge is 0.0551 e. The van der Waals surface area contributed by atoms with E-state index in [2.05, 4.69) is 121 Å². The molecule has 0 amide bonds. The van der Waals surface area contributed by atoms with Gasteiger partial charge < -0.3 is 0 Å². The van der Waals surface area contributed by atoms with E-state index in [-0.39, 0.29) is 5.41 Å². The molecule has 176 valence electrons. The molecule has 0 spiro atoms. The van der Waals surface area contributed by atoms with E-state index in [4.69, 9.17) is 0 Å². The van der Waals surface area contributed by atoms with Crippen LogP contribution in [0.5, 0.6) is 0 Å². The minimum Gasteiger partial charge on any atom is -0.0758 e. The van der Waals surface area contributed by atoms with E-state index in [0.29, 0.717) is 5.92 Å². The first-order valence-corrected chi connectivity index (χ1v) is 12.9. The van der Waals surface area contributed by atoms with Crippen molar-refractivity contribution in [3.8, 4) is 0 Å². The Kier molecular flexibility index (Phi) is 6.99. The predicted molar refractivity (Wildman–Crippen MR) is 148 cm³/mol. The minimum atomic E-state index is -0.281. The number of allylic oxidation sites excluding steroid dienone is 4. The molecule has 0 radical (unpaired) electrons. The van der Waals surface area contributed by atoms with Gasteiger partial charge in [0, 0.05) is 5.92 Å². The molecule has 1 aliphatic rings. The van der Waals surface area contributed by atoms with Crippen molar-refractivity contribution in [3.05, 3.63) is 128 Å². The van der Waals surface area contributed by atoms with Crippen LogP contribution >= 0.6 is 0 Å². The highest BCUT2D eigenvalue weighted by Gasteiger charge is 2.45. The van der Waals surface area contributed by atoms with E-state index in [1.54, 1.807) is 5.57 Å². The Bertz CT molecular complexity index is 1070. The van der Waals surface area contributed by atoms with Gasteiger partial charge in [-0.05, 0) is 71.1 Å². The minimum absolute atomic E-state index is 0.281. The van der Waals surface area contributed by atoms with E-state index in [9.17, 15) is 0 Å². The molecule has 1 atom stereocenters. The Balaban J connectivity index is 2.15. The van der Waals surface area contributed by atoms with Gasteiger partial charge in [-0.3, -0.25) is 0 Å². The normalized spacial score (nSPS) is 15.6.